The van der Waals surface area contributed by atoms with Gasteiger partial charge in [-0.25, -0.2) is 4.98 Å². The van der Waals surface area contributed by atoms with E-state index in [2.05, 4.69) is 4.98 Å². The van der Waals surface area contributed by atoms with Crippen LogP contribution in [0.15, 0.2) is 12.1 Å². The molecule has 1 aromatic rings. The lowest BCUT2D eigenvalue weighted by Crippen LogP contribution is -2.30. The highest BCUT2D eigenvalue weighted by atomic mass is 16.5. The van der Waals surface area contributed by atoms with Gasteiger partial charge in [0.2, 0.25) is 0 Å². The summed E-state index contributed by atoms with van der Waals surface area (Å²) >= 11 is 0. The van der Waals surface area contributed by atoms with Crippen molar-refractivity contribution in [3.63, 3.8) is 0 Å². The first-order valence-corrected chi connectivity index (χ1v) is 4.20. The highest BCUT2D eigenvalue weighted by Gasteiger charge is 2.12. The maximum atomic E-state index is 10.7. The molecule has 1 rings (SSSR count). The predicted octanol–water partition coefficient (Wildman–Crippen LogP) is 0.225. The van der Waals surface area contributed by atoms with E-state index in [1.165, 1.54) is 0 Å². The highest BCUT2D eigenvalue weighted by molar-refractivity contribution is 5.78. The SMILES string of the molecule is Cc1ccc(OC(C)C(N)=O)c(N)n1. The largest absolute Gasteiger partial charge is 0.477 e. The molecule has 0 bridgehead atoms. The number of nitrogens with two attached hydrogens (primary N) is 2. The molecule has 0 radical (unpaired) electrons. The van der Waals surface area contributed by atoms with Gasteiger partial charge in [-0.2, -0.15) is 0 Å². The van der Waals surface area contributed by atoms with Crippen LogP contribution < -0.4 is 16.2 Å². The van der Waals surface area contributed by atoms with Crippen LogP contribution in [-0.2, 0) is 4.79 Å². The van der Waals surface area contributed by atoms with Crippen molar-refractivity contribution in [2.45, 2.75) is 20.0 Å². The summed E-state index contributed by atoms with van der Waals surface area (Å²) in [4.78, 5) is 14.7. The van der Waals surface area contributed by atoms with Crippen LogP contribution in [0.3, 0.4) is 0 Å². The summed E-state index contributed by atoms with van der Waals surface area (Å²) in [6.45, 7) is 3.37. The number of amides is 1. The standard InChI is InChI=1S/C9H13N3O2/c1-5-3-4-7(8(10)12-5)14-6(2)9(11)13/h3-4,6H,1-2H3,(H2,10,12)(H2,11,13). The van der Waals surface area contributed by atoms with E-state index in [1.807, 2.05) is 6.92 Å². The lowest BCUT2D eigenvalue weighted by molar-refractivity contribution is -0.123. The van der Waals surface area contributed by atoms with Gasteiger partial charge >= 0.3 is 0 Å². The zero-order valence-corrected chi connectivity index (χ0v) is 8.15. The summed E-state index contributed by atoms with van der Waals surface area (Å²) in [6, 6.07) is 3.41. The Morgan fingerprint density at radius 3 is 2.71 bits per heavy atom. The molecule has 1 heterocycles. The van der Waals surface area contributed by atoms with E-state index in [1.54, 1.807) is 19.1 Å². The molecule has 76 valence electrons. The van der Waals surface area contributed by atoms with Crippen LogP contribution in [-0.4, -0.2) is 17.0 Å². The Morgan fingerprint density at radius 1 is 1.57 bits per heavy atom. The van der Waals surface area contributed by atoms with E-state index in [0.29, 0.717) is 5.75 Å². The number of primary amides is 1. The number of anilines is 1. The second-order valence-electron chi connectivity index (χ2n) is 3.00. The quantitative estimate of drug-likeness (QED) is 0.722. The van der Waals surface area contributed by atoms with Gasteiger partial charge in [-0.05, 0) is 26.0 Å². The summed E-state index contributed by atoms with van der Waals surface area (Å²) in [6.07, 6.45) is -0.707. The number of rotatable bonds is 3. The minimum absolute atomic E-state index is 0.262. The number of nitrogen functional groups attached to an aromatic ring is 1. The van der Waals surface area contributed by atoms with Crippen LogP contribution in [0.4, 0.5) is 5.82 Å². The monoisotopic (exact) mass is 195 g/mol. The van der Waals surface area contributed by atoms with Crippen LogP contribution in [0.2, 0.25) is 0 Å². The Kier molecular flexibility index (Phi) is 2.91. The molecule has 1 atom stereocenters. The van der Waals surface area contributed by atoms with Crippen molar-refractivity contribution in [2.24, 2.45) is 5.73 Å². The summed E-state index contributed by atoms with van der Waals surface area (Å²) in [7, 11) is 0. The third-order valence-electron chi connectivity index (χ3n) is 1.73. The second kappa shape index (κ2) is 3.95. The van der Waals surface area contributed by atoms with Crippen LogP contribution in [0, 0.1) is 6.92 Å². The number of ether oxygens (including phenoxy) is 1. The number of aromatic nitrogens is 1. The molecular formula is C9H13N3O2. The Balaban J connectivity index is 2.82. The molecule has 14 heavy (non-hydrogen) atoms. The van der Waals surface area contributed by atoms with Crippen molar-refractivity contribution in [1.82, 2.24) is 4.98 Å². The topological polar surface area (TPSA) is 91.2 Å². The second-order valence-corrected chi connectivity index (χ2v) is 3.00. The zero-order valence-electron chi connectivity index (χ0n) is 8.15. The van der Waals surface area contributed by atoms with E-state index in [9.17, 15) is 4.79 Å². The minimum atomic E-state index is -0.707. The van der Waals surface area contributed by atoms with Gasteiger partial charge in [0.25, 0.3) is 5.91 Å². The first kappa shape index (κ1) is 10.3. The van der Waals surface area contributed by atoms with Gasteiger partial charge in [0.1, 0.15) is 0 Å². The molecule has 1 amide bonds. The van der Waals surface area contributed by atoms with Gasteiger partial charge in [-0.3, -0.25) is 4.79 Å². The molecule has 0 fully saturated rings. The van der Waals surface area contributed by atoms with E-state index in [4.69, 9.17) is 16.2 Å². The number of hydrogen-bond donors (Lipinski definition) is 2. The van der Waals surface area contributed by atoms with Crippen molar-refractivity contribution >= 4 is 11.7 Å². The van der Waals surface area contributed by atoms with Gasteiger partial charge in [0.05, 0.1) is 0 Å². The maximum absolute atomic E-state index is 10.7. The Morgan fingerprint density at radius 2 is 2.21 bits per heavy atom. The lowest BCUT2D eigenvalue weighted by Gasteiger charge is -2.12. The number of hydrogen-bond acceptors (Lipinski definition) is 4. The molecule has 0 saturated carbocycles. The van der Waals surface area contributed by atoms with Crippen LogP contribution in [0.25, 0.3) is 0 Å². The van der Waals surface area contributed by atoms with Gasteiger partial charge in [0, 0.05) is 5.69 Å². The molecule has 0 spiro atoms. The average molecular weight is 195 g/mol. The van der Waals surface area contributed by atoms with Gasteiger partial charge in [-0.1, -0.05) is 0 Å². The summed E-state index contributed by atoms with van der Waals surface area (Å²) < 4.78 is 5.20. The van der Waals surface area contributed by atoms with E-state index in [0.717, 1.165) is 5.69 Å². The van der Waals surface area contributed by atoms with Crippen LogP contribution in [0.5, 0.6) is 5.75 Å². The lowest BCUT2D eigenvalue weighted by atomic mass is 10.3. The van der Waals surface area contributed by atoms with Crippen molar-refractivity contribution in [1.29, 1.82) is 0 Å². The number of carbonyl (C=O) groups excluding carboxylic acids is 1. The van der Waals surface area contributed by atoms with Crippen molar-refractivity contribution < 1.29 is 9.53 Å². The van der Waals surface area contributed by atoms with E-state index < -0.39 is 12.0 Å². The molecule has 0 aromatic carbocycles. The summed E-state index contributed by atoms with van der Waals surface area (Å²) in [5.74, 6) is 0.102. The molecule has 0 saturated heterocycles. The highest BCUT2D eigenvalue weighted by Crippen LogP contribution is 2.19. The normalized spacial score (nSPS) is 12.1. The molecule has 0 aliphatic carbocycles. The fraction of sp³-hybridized carbons (Fsp3) is 0.333. The van der Waals surface area contributed by atoms with Crippen LogP contribution >= 0.6 is 0 Å². The van der Waals surface area contributed by atoms with Crippen LogP contribution in [0.1, 0.15) is 12.6 Å². The number of carbonyl (C=O) groups is 1. The molecule has 4 N–H and O–H groups in total. The fourth-order valence-electron chi connectivity index (χ4n) is 0.912. The van der Waals surface area contributed by atoms with Gasteiger partial charge < -0.3 is 16.2 Å². The smallest absolute Gasteiger partial charge is 0.258 e. The summed E-state index contributed by atoms with van der Waals surface area (Å²) in [5.41, 5.74) is 11.4. The first-order valence-electron chi connectivity index (χ1n) is 4.20. The molecule has 5 nitrogen and oxygen atoms in total. The van der Waals surface area contributed by atoms with Crippen molar-refractivity contribution in [3.05, 3.63) is 17.8 Å². The Labute approximate surface area is 82.1 Å². The van der Waals surface area contributed by atoms with E-state index >= 15 is 0 Å². The fourth-order valence-corrected chi connectivity index (χ4v) is 0.912. The first-order chi connectivity index (χ1) is 6.50. The molecule has 1 unspecified atom stereocenters. The van der Waals surface area contributed by atoms with E-state index in [-0.39, 0.29) is 5.82 Å². The average Bonchev–Trinajstić information content (AvgIpc) is 2.09. The molecule has 0 aliphatic heterocycles. The maximum Gasteiger partial charge on any atom is 0.258 e. The molecule has 1 aromatic heterocycles. The minimum Gasteiger partial charge on any atom is -0.477 e. The Hall–Kier alpha value is -1.78. The Bertz CT molecular complexity index is 352. The summed E-state index contributed by atoms with van der Waals surface area (Å²) in [5, 5.41) is 0. The number of nitrogens with zero attached hydrogens (tertiary/aromatic N) is 1. The predicted molar refractivity (Wildman–Crippen MR) is 52.7 cm³/mol. The zero-order chi connectivity index (χ0) is 10.7. The van der Waals surface area contributed by atoms with Gasteiger partial charge in [0.15, 0.2) is 17.7 Å². The van der Waals surface area contributed by atoms with Gasteiger partial charge in [-0.15, -0.1) is 0 Å². The van der Waals surface area contributed by atoms with Crippen molar-refractivity contribution in [2.75, 3.05) is 5.73 Å². The molecule has 5 heteroatoms. The molecular weight excluding hydrogens is 182 g/mol. The molecule has 0 aliphatic rings. The number of aryl methyl sites for hydroxylation is 1. The number of pyridine rings is 1. The van der Waals surface area contributed by atoms with Crippen molar-refractivity contribution in [3.8, 4) is 5.75 Å². The third-order valence-corrected chi connectivity index (χ3v) is 1.73. The third kappa shape index (κ3) is 2.35.